The van der Waals surface area contributed by atoms with E-state index >= 15 is 0 Å². The lowest BCUT2D eigenvalue weighted by molar-refractivity contribution is 1.01. The van der Waals surface area contributed by atoms with Gasteiger partial charge >= 0.3 is 0 Å². The average molecular weight is 668 g/mol. The maximum Gasteiger partial charge on any atom is 0.160 e. The zero-order valence-corrected chi connectivity index (χ0v) is 28.9. The van der Waals surface area contributed by atoms with Crippen molar-refractivity contribution in [3.05, 3.63) is 148 Å². The maximum absolute atomic E-state index is 5.02. The molecule has 4 aromatic carbocycles. The molecule has 0 radical (unpaired) electrons. The number of nitrogens with zero attached hydrogens (tertiary/aromatic N) is 3. The van der Waals surface area contributed by atoms with Gasteiger partial charge in [0, 0.05) is 60.1 Å². The van der Waals surface area contributed by atoms with Gasteiger partial charge in [0.15, 0.2) is 5.82 Å². The summed E-state index contributed by atoms with van der Waals surface area (Å²) in [5, 5.41) is 4.99. The summed E-state index contributed by atoms with van der Waals surface area (Å²) in [4.78, 5) is 17.6. The molecule has 2 aliphatic rings. The zero-order valence-electron chi connectivity index (χ0n) is 27.2. The predicted molar refractivity (Wildman–Crippen MR) is 213 cm³/mol. The standard InChI is InChI=1S/C44H33N3S2/c1-3-28(24-45-27(2)30-14-8-19-37-35-12-4-6-22-40(35)48-42(30)37)31-15-9-18-34-32(16-10-17-33(31)34)29-25-46-44(47-26-29)39-21-11-20-38-36-13-5-7-23-41(36)49-43(38)39/h3,6-11,14-26H,1,4-5,12-13H2,2H3/b28-24+,45-27+. The second-order valence-electron chi connectivity index (χ2n) is 12.6. The number of aryl methyl sites for hydroxylation is 2. The Labute approximate surface area is 294 Å². The highest BCUT2D eigenvalue weighted by Gasteiger charge is 2.18. The summed E-state index contributed by atoms with van der Waals surface area (Å²) in [5.74, 6) is 0.762. The summed E-state index contributed by atoms with van der Waals surface area (Å²) in [6.45, 7) is 6.29. The minimum Gasteiger partial charge on any atom is -0.260 e. The second-order valence-corrected chi connectivity index (χ2v) is 14.7. The fraction of sp³-hybridized carbons (Fsp3) is 0.114. The highest BCUT2D eigenvalue weighted by atomic mass is 32.1. The first-order chi connectivity index (χ1) is 24.2. The third-order valence-corrected chi connectivity index (χ3v) is 12.3. The van der Waals surface area contributed by atoms with Crippen LogP contribution in [0.2, 0.25) is 0 Å². The molecule has 2 aliphatic carbocycles. The highest BCUT2D eigenvalue weighted by molar-refractivity contribution is 7.21. The Morgan fingerprint density at radius 3 is 2.00 bits per heavy atom. The van der Waals surface area contributed by atoms with Crippen molar-refractivity contribution >= 4 is 77.1 Å². The number of rotatable bonds is 6. The number of hydrogen-bond acceptors (Lipinski definition) is 5. The van der Waals surface area contributed by atoms with E-state index in [-0.39, 0.29) is 0 Å². The lowest BCUT2D eigenvalue weighted by Gasteiger charge is -2.12. The molecule has 0 unspecified atom stereocenters. The molecule has 0 saturated heterocycles. The summed E-state index contributed by atoms with van der Waals surface area (Å²) >= 11 is 3.73. The van der Waals surface area contributed by atoms with Crippen LogP contribution in [0.25, 0.3) is 71.2 Å². The summed E-state index contributed by atoms with van der Waals surface area (Å²) < 4.78 is 2.59. The van der Waals surface area contributed by atoms with Gasteiger partial charge in [0.25, 0.3) is 0 Å². The van der Waals surface area contributed by atoms with E-state index in [1.54, 1.807) is 0 Å². The van der Waals surface area contributed by atoms with Crippen molar-refractivity contribution in [3.8, 4) is 22.5 Å². The SMILES string of the molecule is C=C/C(=C\N=C(/C)c1cccc2c3c(sc12)C=CCC3)c1cccc2c(-c3cnc(-c4cccc5c6c(sc45)C=CCC6)nc3)cccc12. The Hall–Kier alpha value is -5.23. The van der Waals surface area contributed by atoms with Crippen LogP contribution in [-0.2, 0) is 12.8 Å². The first kappa shape index (κ1) is 29.9. The van der Waals surface area contributed by atoms with Crippen LogP contribution in [0, 0.1) is 0 Å². The minimum absolute atomic E-state index is 0.762. The van der Waals surface area contributed by atoms with Gasteiger partial charge in [-0.2, -0.15) is 0 Å². The predicted octanol–water partition coefficient (Wildman–Crippen LogP) is 12.3. The smallest absolute Gasteiger partial charge is 0.160 e. The maximum atomic E-state index is 5.02. The van der Waals surface area contributed by atoms with Crippen molar-refractivity contribution in [1.29, 1.82) is 0 Å². The molecule has 3 heterocycles. The summed E-state index contributed by atoms with van der Waals surface area (Å²) in [7, 11) is 0. The zero-order chi connectivity index (χ0) is 32.9. The van der Waals surface area contributed by atoms with Crippen LogP contribution in [0.3, 0.4) is 0 Å². The fourth-order valence-corrected chi connectivity index (χ4v) is 9.98. The third kappa shape index (κ3) is 5.13. The fourth-order valence-electron chi connectivity index (χ4n) is 7.35. The van der Waals surface area contributed by atoms with Gasteiger partial charge in [-0.1, -0.05) is 91.5 Å². The molecule has 0 bridgehead atoms. The van der Waals surface area contributed by atoms with E-state index in [1.165, 1.54) is 46.6 Å². The Morgan fingerprint density at radius 2 is 1.29 bits per heavy atom. The van der Waals surface area contributed by atoms with Crippen LogP contribution in [0.4, 0.5) is 0 Å². The molecule has 49 heavy (non-hydrogen) atoms. The highest BCUT2D eigenvalue weighted by Crippen LogP contribution is 2.41. The molecule has 3 nitrogen and oxygen atoms in total. The lowest BCUT2D eigenvalue weighted by atomic mass is 9.94. The minimum atomic E-state index is 0.762. The van der Waals surface area contributed by atoms with E-state index in [1.807, 2.05) is 47.3 Å². The number of aromatic nitrogens is 2. The largest absolute Gasteiger partial charge is 0.260 e. The molecule has 0 spiro atoms. The Balaban J connectivity index is 1.06. The average Bonchev–Trinajstić information content (AvgIpc) is 3.74. The normalized spacial score (nSPS) is 14.5. The topological polar surface area (TPSA) is 38.1 Å². The molecule has 236 valence electrons. The van der Waals surface area contributed by atoms with Crippen molar-refractivity contribution < 1.29 is 0 Å². The summed E-state index contributed by atoms with van der Waals surface area (Å²) in [6, 6.07) is 26.0. The van der Waals surface area contributed by atoms with Crippen LogP contribution < -0.4 is 0 Å². The van der Waals surface area contributed by atoms with Crippen molar-refractivity contribution in [3.63, 3.8) is 0 Å². The summed E-state index contributed by atoms with van der Waals surface area (Å²) in [5.41, 5.74) is 10.4. The van der Waals surface area contributed by atoms with E-state index in [2.05, 4.69) is 111 Å². The first-order valence-electron chi connectivity index (χ1n) is 16.8. The number of fused-ring (bicyclic) bond motifs is 7. The van der Waals surface area contributed by atoms with E-state index in [4.69, 9.17) is 15.0 Å². The molecule has 0 aliphatic heterocycles. The van der Waals surface area contributed by atoms with E-state index < -0.39 is 0 Å². The van der Waals surface area contributed by atoms with Gasteiger partial charge in [-0.25, -0.2) is 9.97 Å². The van der Waals surface area contributed by atoms with Gasteiger partial charge in [0.1, 0.15) is 0 Å². The van der Waals surface area contributed by atoms with Crippen LogP contribution >= 0.6 is 22.7 Å². The van der Waals surface area contributed by atoms with Gasteiger partial charge in [0.05, 0.1) is 0 Å². The number of allylic oxidation sites excluding steroid dienone is 4. The van der Waals surface area contributed by atoms with Gasteiger partial charge in [-0.15, -0.1) is 22.7 Å². The second kappa shape index (κ2) is 12.3. The Kier molecular flexibility index (Phi) is 7.52. The van der Waals surface area contributed by atoms with Crippen LogP contribution in [0.1, 0.15) is 51.8 Å². The van der Waals surface area contributed by atoms with Crippen LogP contribution in [0.15, 0.2) is 121 Å². The molecule has 9 rings (SSSR count). The van der Waals surface area contributed by atoms with Crippen LogP contribution in [-0.4, -0.2) is 15.7 Å². The molecule has 0 N–H and O–H groups in total. The molecule has 7 aromatic rings. The van der Waals surface area contributed by atoms with Gasteiger partial charge in [0.2, 0.25) is 0 Å². The molecular formula is C44H33N3S2. The number of hydrogen-bond donors (Lipinski definition) is 0. The van der Waals surface area contributed by atoms with Crippen molar-refractivity contribution in [2.75, 3.05) is 0 Å². The molecule has 5 heteroatoms. The molecule has 0 fully saturated rings. The Bertz CT molecular complexity index is 2570. The molecule has 0 saturated carbocycles. The van der Waals surface area contributed by atoms with Crippen LogP contribution in [0.5, 0.6) is 0 Å². The monoisotopic (exact) mass is 667 g/mol. The number of thiophene rings is 2. The van der Waals surface area contributed by atoms with Crippen molar-refractivity contribution in [1.82, 2.24) is 9.97 Å². The molecule has 0 atom stereocenters. The quantitative estimate of drug-likeness (QED) is 0.131. The molecule has 0 amide bonds. The van der Waals surface area contributed by atoms with E-state index in [0.717, 1.165) is 75.8 Å². The molecular weight excluding hydrogens is 635 g/mol. The molecule has 3 aromatic heterocycles. The first-order valence-corrected chi connectivity index (χ1v) is 18.5. The number of benzene rings is 4. The third-order valence-electron chi connectivity index (χ3n) is 9.80. The lowest BCUT2D eigenvalue weighted by Crippen LogP contribution is -1.95. The van der Waals surface area contributed by atoms with Gasteiger partial charge in [-0.05, 0) is 100 Å². The number of aliphatic imine (C=N–C) groups is 1. The summed E-state index contributed by atoms with van der Waals surface area (Å²) in [6.07, 6.45) is 21.3. The van der Waals surface area contributed by atoms with Gasteiger partial charge < -0.3 is 0 Å². The van der Waals surface area contributed by atoms with E-state index in [0.29, 0.717) is 0 Å². The van der Waals surface area contributed by atoms with E-state index in [9.17, 15) is 0 Å². The van der Waals surface area contributed by atoms with Gasteiger partial charge in [-0.3, -0.25) is 4.99 Å². The van der Waals surface area contributed by atoms with Crippen molar-refractivity contribution in [2.24, 2.45) is 4.99 Å². The van der Waals surface area contributed by atoms with Crippen molar-refractivity contribution in [2.45, 2.75) is 32.6 Å². The Morgan fingerprint density at radius 1 is 0.694 bits per heavy atom.